The van der Waals surface area contributed by atoms with Crippen LogP contribution in [-0.4, -0.2) is 33.2 Å². The summed E-state index contributed by atoms with van der Waals surface area (Å²) in [6.45, 7) is 1.77. The summed E-state index contributed by atoms with van der Waals surface area (Å²) in [6.07, 6.45) is 1.48. The molecule has 0 atom stereocenters. The Labute approximate surface area is 198 Å². The smallest absolute Gasteiger partial charge is 0.338 e. The molecule has 4 aromatic rings. The van der Waals surface area contributed by atoms with Crippen molar-refractivity contribution in [3.8, 4) is 22.8 Å². The quantitative estimate of drug-likeness (QED) is 0.398. The van der Waals surface area contributed by atoms with Gasteiger partial charge in [0.2, 0.25) is 11.7 Å². The summed E-state index contributed by atoms with van der Waals surface area (Å²) in [6, 6.07) is 16.1. The monoisotopic (exact) mass is 478 g/mol. The Kier molecular flexibility index (Phi) is 6.84. The van der Waals surface area contributed by atoms with Crippen LogP contribution in [0.25, 0.3) is 22.8 Å². The van der Waals surface area contributed by atoms with Gasteiger partial charge in [0.25, 0.3) is 11.4 Å². The van der Waals surface area contributed by atoms with Crippen LogP contribution in [-0.2, 0) is 16.1 Å². The van der Waals surface area contributed by atoms with Gasteiger partial charge in [0.15, 0.2) is 0 Å². The number of aromatic nitrogens is 3. The largest absolute Gasteiger partial charge is 0.462 e. The normalized spacial score (nSPS) is 10.6. The van der Waals surface area contributed by atoms with Crippen molar-refractivity contribution in [2.75, 3.05) is 11.9 Å². The van der Waals surface area contributed by atoms with Crippen LogP contribution < -0.4 is 10.9 Å². The lowest BCUT2D eigenvalue weighted by Gasteiger charge is -2.09. The Morgan fingerprint density at radius 1 is 1.03 bits per heavy atom. The summed E-state index contributed by atoms with van der Waals surface area (Å²) in [7, 11) is 0. The number of ether oxygens (including phenoxy) is 1. The van der Waals surface area contributed by atoms with Crippen molar-refractivity contribution >= 4 is 29.2 Å². The first-order valence-electron chi connectivity index (χ1n) is 10.3. The lowest BCUT2D eigenvalue weighted by atomic mass is 10.2. The van der Waals surface area contributed by atoms with Gasteiger partial charge in [-0.3, -0.25) is 9.59 Å². The van der Waals surface area contributed by atoms with E-state index in [-0.39, 0.29) is 24.6 Å². The molecule has 0 aliphatic carbocycles. The highest BCUT2D eigenvalue weighted by molar-refractivity contribution is 6.30. The number of rotatable bonds is 7. The molecule has 34 heavy (non-hydrogen) atoms. The summed E-state index contributed by atoms with van der Waals surface area (Å²) < 4.78 is 11.5. The Morgan fingerprint density at radius 3 is 2.44 bits per heavy atom. The Morgan fingerprint density at radius 2 is 1.74 bits per heavy atom. The van der Waals surface area contributed by atoms with Crippen molar-refractivity contribution in [3.05, 3.63) is 87.8 Å². The van der Waals surface area contributed by atoms with Gasteiger partial charge in [-0.25, -0.2) is 4.79 Å². The molecular formula is C24H19ClN4O5. The van der Waals surface area contributed by atoms with Crippen LogP contribution in [0.2, 0.25) is 5.02 Å². The molecule has 9 nitrogen and oxygen atoms in total. The number of hydrogen-bond donors (Lipinski definition) is 1. The Bertz CT molecular complexity index is 1380. The maximum absolute atomic E-state index is 12.5. The van der Waals surface area contributed by atoms with Gasteiger partial charge < -0.3 is 19.1 Å². The fraction of sp³-hybridized carbons (Fsp3) is 0.125. The number of nitrogens with one attached hydrogen (secondary N) is 1. The number of amides is 1. The fourth-order valence-electron chi connectivity index (χ4n) is 3.10. The standard InChI is InChI=1S/C24H19ClN4O5/c1-2-33-24(32)16-5-10-19(11-6-16)26-20(30)14-29-13-17(7-12-21(29)31)23-27-22(28-34-23)15-3-8-18(25)9-4-15/h3-13H,2,14H2,1H3,(H,26,30). The highest BCUT2D eigenvalue weighted by Gasteiger charge is 2.13. The molecule has 2 aromatic heterocycles. The molecule has 0 unspecified atom stereocenters. The SMILES string of the molecule is CCOC(=O)c1ccc(NC(=O)Cn2cc(-c3nc(-c4ccc(Cl)cc4)no3)ccc2=O)cc1. The van der Waals surface area contributed by atoms with Gasteiger partial charge >= 0.3 is 5.97 Å². The van der Waals surface area contributed by atoms with E-state index in [1.54, 1.807) is 61.5 Å². The van der Waals surface area contributed by atoms with E-state index in [0.29, 0.717) is 27.7 Å². The molecule has 0 spiro atoms. The van der Waals surface area contributed by atoms with E-state index in [4.69, 9.17) is 20.9 Å². The summed E-state index contributed by atoms with van der Waals surface area (Å²) in [5.41, 5.74) is 1.70. The van der Waals surface area contributed by atoms with Crippen molar-refractivity contribution in [3.63, 3.8) is 0 Å². The number of anilines is 1. The van der Waals surface area contributed by atoms with Crippen molar-refractivity contribution in [2.24, 2.45) is 0 Å². The van der Waals surface area contributed by atoms with Crippen molar-refractivity contribution in [1.29, 1.82) is 0 Å². The second-order valence-corrected chi connectivity index (χ2v) is 7.60. The molecule has 172 valence electrons. The number of pyridine rings is 1. The second-order valence-electron chi connectivity index (χ2n) is 7.16. The predicted molar refractivity (Wildman–Crippen MR) is 125 cm³/mol. The summed E-state index contributed by atoms with van der Waals surface area (Å²) in [4.78, 5) is 40.9. The molecule has 10 heteroatoms. The lowest BCUT2D eigenvalue weighted by molar-refractivity contribution is -0.116. The third-order valence-corrected chi connectivity index (χ3v) is 5.00. The van der Waals surface area contributed by atoms with Crippen molar-refractivity contribution in [1.82, 2.24) is 14.7 Å². The molecule has 0 fully saturated rings. The van der Waals surface area contributed by atoms with Crippen molar-refractivity contribution < 1.29 is 18.8 Å². The molecule has 1 N–H and O–H groups in total. The molecular weight excluding hydrogens is 460 g/mol. The molecule has 0 bridgehead atoms. The molecule has 2 heterocycles. The van der Waals surface area contributed by atoms with E-state index in [0.717, 1.165) is 5.56 Å². The fourth-order valence-corrected chi connectivity index (χ4v) is 3.22. The first kappa shape index (κ1) is 22.9. The summed E-state index contributed by atoms with van der Waals surface area (Å²) in [5, 5.41) is 7.25. The van der Waals surface area contributed by atoms with Crippen LogP contribution >= 0.6 is 11.6 Å². The zero-order valence-electron chi connectivity index (χ0n) is 18.0. The third kappa shape index (κ3) is 5.38. The van der Waals surface area contributed by atoms with Gasteiger partial charge in [-0.2, -0.15) is 4.98 Å². The van der Waals surface area contributed by atoms with E-state index in [1.807, 2.05) is 0 Å². The summed E-state index contributed by atoms with van der Waals surface area (Å²) >= 11 is 5.91. The number of nitrogens with zero attached hydrogens (tertiary/aromatic N) is 3. The topological polar surface area (TPSA) is 116 Å². The van der Waals surface area contributed by atoms with Crippen LogP contribution in [0.5, 0.6) is 0 Å². The lowest BCUT2D eigenvalue weighted by Crippen LogP contribution is -2.26. The van der Waals surface area contributed by atoms with E-state index < -0.39 is 11.9 Å². The highest BCUT2D eigenvalue weighted by Crippen LogP contribution is 2.23. The zero-order valence-corrected chi connectivity index (χ0v) is 18.8. The molecule has 0 saturated carbocycles. The second kappa shape index (κ2) is 10.1. The molecule has 0 radical (unpaired) electrons. The third-order valence-electron chi connectivity index (χ3n) is 4.75. The molecule has 4 rings (SSSR count). The van der Waals surface area contributed by atoms with E-state index >= 15 is 0 Å². The maximum atomic E-state index is 12.5. The van der Waals surface area contributed by atoms with Crippen LogP contribution in [0.4, 0.5) is 5.69 Å². The Balaban J connectivity index is 1.46. The minimum Gasteiger partial charge on any atom is -0.462 e. The van der Waals surface area contributed by atoms with E-state index in [9.17, 15) is 14.4 Å². The van der Waals surface area contributed by atoms with Crippen LogP contribution in [0, 0.1) is 0 Å². The Hall–Kier alpha value is -4.24. The molecule has 0 aliphatic heterocycles. The minimum atomic E-state index is -0.441. The van der Waals surface area contributed by atoms with Gasteiger partial charge in [0.1, 0.15) is 6.54 Å². The summed E-state index contributed by atoms with van der Waals surface area (Å²) in [5.74, 6) is -0.290. The molecule has 2 aromatic carbocycles. The number of carbonyl (C=O) groups excluding carboxylic acids is 2. The first-order valence-corrected chi connectivity index (χ1v) is 10.7. The highest BCUT2D eigenvalue weighted by atomic mass is 35.5. The zero-order chi connectivity index (χ0) is 24.1. The van der Waals surface area contributed by atoms with Crippen LogP contribution in [0.15, 0.2) is 76.2 Å². The van der Waals surface area contributed by atoms with E-state index in [1.165, 1.54) is 16.8 Å². The molecule has 0 aliphatic rings. The van der Waals surface area contributed by atoms with Gasteiger partial charge in [-0.05, 0) is 61.5 Å². The van der Waals surface area contributed by atoms with Crippen LogP contribution in [0.1, 0.15) is 17.3 Å². The van der Waals surface area contributed by atoms with Gasteiger partial charge in [0.05, 0.1) is 17.7 Å². The molecule has 0 saturated heterocycles. The predicted octanol–water partition coefficient (Wildman–Crippen LogP) is 4.03. The maximum Gasteiger partial charge on any atom is 0.338 e. The van der Waals surface area contributed by atoms with Gasteiger partial charge in [-0.1, -0.05) is 16.8 Å². The number of halogens is 1. The molecule has 1 amide bonds. The van der Waals surface area contributed by atoms with E-state index in [2.05, 4.69) is 15.5 Å². The van der Waals surface area contributed by atoms with Gasteiger partial charge in [-0.15, -0.1) is 0 Å². The number of esters is 1. The van der Waals surface area contributed by atoms with Crippen LogP contribution in [0.3, 0.4) is 0 Å². The van der Waals surface area contributed by atoms with Crippen molar-refractivity contribution in [2.45, 2.75) is 13.5 Å². The number of benzene rings is 2. The average molecular weight is 479 g/mol. The first-order chi connectivity index (χ1) is 16.4. The van der Waals surface area contributed by atoms with Gasteiger partial charge in [0, 0.05) is 28.5 Å². The average Bonchev–Trinajstić information content (AvgIpc) is 3.32. The number of hydrogen-bond acceptors (Lipinski definition) is 7. The number of carbonyl (C=O) groups is 2. The minimum absolute atomic E-state index is 0.202.